The molecule has 0 bridgehead atoms. The van der Waals surface area contributed by atoms with Crippen LogP contribution in [0.15, 0.2) is 52.3 Å². The van der Waals surface area contributed by atoms with Gasteiger partial charge < -0.3 is 10.6 Å². The minimum Gasteiger partial charge on any atom is -0.349 e. The van der Waals surface area contributed by atoms with E-state index in [1.165, 1.54) is 18.2 Å². The van der Waals surface area contributed by atoms with Crippen molar-refractivity contribution in [3.05, 3.63) is 63.5 Å². The van der Waals surface area contributed by atoms with Crippen molar-refractivity contribution < 1.29 is 9.59 Å². The number of fused-ring (bicyclic) bond motifs is 1. The van der Waals surface area contributed by atoms with E-state index >= 15 is 0 Å². The van der Waals surface area contributed by atoms with Crippen LogP contribution in [0.3, 0.4) is 0 Å². The molecule has 1 heterocycles. The molecule has 1 fully saturated rings. The highest BCUT2D eigenvalue weighted by atomic mass is 35.5. The summed E-state index contributed by atoms with van der Waals surface area (Å²) in [6, 6.07) is 13.1. The molecule has 0 aromatic heterocycles. The second kappa shape index (κ2) is 8.64. The second-order valence-electron chi connectivity index (χ2n) is 7.64. The van der Waals surface area contributed by atoms with E-state index in [0.29, 0.717) is 27.1 Å². The predicted molar refractivity (Wildman–Crippen MR) is 119 cm³/mol. The third kappa shape index (κ3) is 4.51. The molecule has 1 aliphatic heterocycles. The number of carbonyl (C=O) groups is 2. The maximum atomic E-state index is 12.7. The van der Waals surface area contributed by atoms with Gasteiger partial charge in [-0.25, -0.2) is 0 Å². The Morgan fingerprint density at radius 2 is 2.00 bits per heavy atom. The number of hydrogen-bond donors (Lipinski definition) is 2. The van der Waals surface area contributed by atoms with Crippen LogP contribution in [0.25, 0.3) is 6.08 Å². The van der Waals surface area contributed by atoms with Gasteiger partial charge in [0, 0.05) is 21.5 Å². The molecule has 2 atom stereocenters. The van der Waals surface area contributed by atoms with Crippen molar-refractivity contribution in [2.45, 2.75) is 43.5 Å². The average Bonchev–Trinajstić information content (AvgIpc) is 2.71. The van der Waals surface area contributed by atoms with Gasteiger partial charge in [-0.05, 0) is 54.7 Å². The Morgan fingerprint density at radius 1 is 1.21 bits per heavy atom. The number of nitrogens with one attached hydrogen (secondary N) is 2. The molecule has 2 N–H and O–H groups in total. The Morgan fingerprint density at radius 3 is 2.79 bits per heavy atom. The summed E-state index contributed by atoms with van der Waals surface area (Å²) in [5.74, 6) is 0.224. The Hall–Kier alpha value is -2.24. The van der Waals surface area contributed by atoms with Crippen LogP contribution in [0.1, 0.15) is 48.5 Å². The van der Waals surface area contributed by atoms with Crippen molar-refractivity contribution in [2.24, 2.45) is 5.92 Å². The smallest absolute Gasteiger partial charge is 0.262 e. The Bertz CT molecular complexity index is 989. The lowest BCUT2D eigenvalue weighted by atomic mass is 9.86. The summed E-state index contributed by atoms with van der Waals surface area (Å²) >= 11 is 7.59. The minimum absolute atomic E-state index is 0.0804. The zero-order valence-corrected chi connectivity index (χ0v) is 17.8. The zero-order chi connectivity index (χ0) is 20.4. The molecular weight excluding hydrogens is 404 g/mol. The van der Waals surface area contributed by atoms with Gasteiger partial charge in [0.15, 0.2) is 0 Å². The van der Waals surface area contributed by atoms with Gasteiger partial charge in [0.1, 0.15) is 0 Å². The van der Waals surface area contributed by atoms with Crippen LogP contribution < -0.4 is 10.6 Å². The maximum absolute atomic E-state index is 12.7. The van der Waals surface area contributed by atoms with Gasteiger partial charge in [-0.3, -0.25) is 9.59 Å². The number of carbonyl (C=O) groups excluding carboxylic acids is 2. The van der Waals surface area contributed by atoms with Crippen molar-refractivity contribution in [2.75, 3.05) is 5.32 Å². The highest BCUT2D eigenvalue weighted by Crippen LogP contribution is 2.40. The first-order valence-electron chi connectivity index (χ1n) is 9.91. The first kappa shape index (κ1) is 20.0. The topological polar surface area (TPSA) is 58.2 Å². The molecule has 29 heavy (non-hydrogen) atoms. The summed E-state index contributed by atoms with van der Waals surface area (Å²) in [6.45, 7) is 2.20. The Kier molecular flexibility index (Phi) is 5.97. The molecule has 0 spiro atoms. The van der Waals surface area contributed by atoms with Gasteiger partial charge >= 0.3 is 0 Å². The first-order valence-corrected chi connectivity index (χ1v) is 11.1. The highest BCUT2D eigenvalue weighted by Gasteiger charge is 2.25. The predicted octanol–water partition coefficient (Wildman–Crippen LogP) is 5.73. The monoisotopic (exact) mass is 426 g/mol. The fraction of sp³-hybridized carbons (Fsp3) is 0.304. The number of rotatable bonds is 3. The minimum atomic E-state index is -0.194. The second-order valence-corrected chi connectivity index (χ2v) is 9.13. The van der Waals surface area contributed by atoms with Crippen molar-refractivity contribution in [3.8, 4) is 0 Å². The fourth-order valence-electron chi connectivity index (χ4n) is 3.82. The molecule has 2 unspecified atom stereocenters. The molecule has 2 amide bonds. The van der Waals surface area contributed by atoms with Crippen molar-refractivity contribution >= 4 is 46.9 Å². The van der Waals surface area contributed by atoms with Gasteiger partial charge in [0.05, 0.1) is 10.6 Å². The number of amides is 2. The first-order chi connectivity index (χ1) is 14.0. The molecule has 150 valence electrons. The van der Waals surface area contributed by atoms with E-state index in [2.05, 4.69) is 17.6 Å². The molecule has 1 aliphatic carbocycles. The SMILES string of the molecule is CC1CCCCC1NC(=O)c1ccc2c(c1)NC(=O)/C(=C\c1ccccc1Cl)S2. The number of hydrogen-bond acceptors (Lipinski definition) is 3. The highest BCUT2D eigenvalue weighted by molar-refractivity contribution is 8.04. The largest absolute Gasteiger partial charge is 0.349 e. The van der Waals surface area contributed by atoms with Gasteiger partial charge in [-0.15, -0.1) is 0 Å². The summed E-state index contributed by atoms with van der Waals surface area (Å²) in [4.78, 5) is 26.8. The standard InChI is InChI=1S/C23H23ClN2O2S/c1-14-6-2-5-9-18(14)25-22(27)16-10-11-20-19(12-16)26-23(28)21(29-20)13-15-7-3-4-8-17(15)24/h3-4,7-8,10-14,18H,2,5-6,9H2,1H3,(H,25,27)(H,26,28)/b21-13+. The summed E-state index contributed by atoms with van der Waals surface area (Å²) in [6.07, 6.45) is 6.37. The number of halogens is 1. The zero-order valence-electron chi connectivity index (χ0n) is 16.2. The molecular formula is C23H23ClN2O2S. The Balaban J connectivity index is 1.52. The van der Waals surface area contributed by atoms with E-state index in [1.54, 1.807) is 18.2 Å². The van der Waals surface area contributed by atoms with Crippen LogP contribution in [0, 0.1) is 5.92 Å². The van der Waals surface area contributed by atoms with E-state index in [-0.39, 0.29) is 17.9 Å². The van der Waals surface area contributed by atoms with Crippen LogP contribution in [-0.4, -0.2) is 17.9 Å². The number of benzene rings is 2. The van der Waals surface area contributed by atoms with Gasteiger partial charge in [-0.2, -0.15) is 0 Å². The van der Waals surface area contributed by atoms with Crippen LogP contribution in [0.2, 0.25) is 5.02 Å². The lowest BCUT2D eigenvalue weighted by Crippen LogP contribution is -2.41. The molecule has 4 nitrogen and oxygen atoms in total. The quantitative estimate of drug-likeness (QED) is 0.616. The Labute approximate surface area is 180 Å². The van der Waals surface area contributed by atoms with Crippen molar-refractivity contribution in [3.63, 3.8) is 0 Å². The average molecular weight is 427 g/mol. The van der Waals surface area contributed by atoms with E-state index in [4.69, 9.17) is 11.6 Å². The lowest BCUT2D eigenvalue weighted by Gasteiger charge is -2.29. The van der Waals surface area contributed by atoms with Crippen LogP contribution in [-0.2, 0) is 4.79 Å². The third-order valence-corrected chi connectivity index (χ3v) is 7.00. The molecule has 2 aliphatic rings. The van der Waals surface area contributed by atoms with Crippen LogP contribution in [0.5, 0.6) is 0 Å². The number of thioether (sulfide) groups is 1. The molecule has 0 saturated heterocycles. The van der Waals surface area contributed by atoms with E-state index in [1.807, 2.05) is 30.3 Å². The van der Waals surface area contributed by atoms with Crippen LogP contribution in [0.4, 0.5) is 5.69 Å². The molecule has 6 heteroatoms. The summed E-state index contributed by atoms with van der Waals surface area (Å²) in [5.41, 5.74) is 2.04. The number of anilines is 1. The molecule has 1 saturated carbocycles. The van der Waals surface area contributed by atoms with Crippen LogP contribution >= 0.6 is 23.4 Å². The summed E-state index contributed by atoms with van der Waals surface area (Å²) in [7, 11) is 0. The normalized spacial score (nSPS) is 22.7. The van der Waals surface area contributed by atoms with E-state index in [0.717, 1.165) is 29.7 Å². The van der Waals surface area contributed by atoms with E-state index in [9.17, 15) is 9.59 Å². The third-order valence-electron chi connectivity index (χ3n) is 5.55. The molecule has 2 aromatic carbocycles. The van der Waals surface area contributed by atoms with Crippen molar-refractivity contribution in [1.29, 1.82) is 0 Å². The van der Waals surface area contributed by atoms with Gasteiger partial charge in [-0.1, -0.05) is 61.3 Å². The molecule has 0 radical (unpaired) electrons. The van der Waals surface area contributed by atoms with Gasteiger partial charge in [0.2, 0.25) is 0 Å². The van der Waals surface area contributed by atoms with E-state index < -0.39 is 0 Å². The van der Waals surface area contributed by atoms with Crippen molar-refractivity contribution in [1.82, 2.24) is 5.32 Å². The maximum Gasteiger partial charge on any atom is 0.262 e. The fourth-order valence-corrected chi connectivity index (χ4v) is 4.93. The lowest BCUT2D eigenvalue weighted by molar-refractivity contribution is -0.112. The summed E-state index contributed by atoms with van der Waals surface area (Å²) in [5, 5.41) is 6.67. The summed E-state index contributed by atoms with van der Waals surface area (Å²) < 4.78 is 0. The molecule has 2 aromatic rings. The molecule has 4 rings (SSSR count). The van der Waals surface area contributed by atoms with Gasteiger partial charge in [0.25, 0.3) is 11.8 Å².